The van der Waals surface area contributed by atoms with E-state index in [0.717, 1.165) is 54.7 Å². The first-order chi connectivity index (χ1) is 9.70. The lowest BCUT2D eigenvalue weighted by Crippen LogP contribution is -2.36. The van der Waals surface area contributed by atoms with Crippen LogP contribution in [0, 0.1) is 0 Å². The molecule has 1 saturated heterocycles. The quantitative estimate of drug-likeness (QED) is 0.866. The topological polar surface area (TPSA) is 50.4 Å². The van der Waals surface area contributed by atoms with Gasteiger partial charge in [0, 0.05) is 23.1 Å². The molecule has 0 bridgehead atoms. The Morgan fingerprint density at radius 2 is 2.30 bits per heavy atom. The van der Waals surface area contributed by atoms with Crippen molar-refractivity contribution in [1.29, 1.82) is 0 Å². The van der Waals surface area contributed by atoms with E-state index >= 15 is 0 Å². The smallest absolute Gasteiger partial charge is 0.261 e. The number of benzene rings is 1. The molecule has 4 nitrogen and oxygen atoms in total. The van der Waals surface area contributed by atoms with Crippen LogP contribution in [0.5, 0.6) is 5.75 Å². The molecule has 1 unspecified atom stereocenters. The van der Waals surface area contributed by atoms with Gasteiger partial charge < -0.3 is 15.4 Å². The van der Waals surface area contributed by atoms with Crippen molar-refractivity contribution in [3.8, 4) is 5.75 Å². The van der Waals surface area contributed by atoms with Crippen molar-refractivity contribution in [2.75, 3.05) is 13.1 Å². The normalized spacial score (nSPS) is 19.3. The van der Waals surface area contributed by atoms with E-state index in [1.54, 1.807) is 0 Å². The van der Waals surface area contributed by atoms with Gasteiger partial charge in [0.15, 0.2) is 6.10 Å². The Hall–Kier alpha value is -1.07. The van der Waals surface area contributed by atoms with E-state index in [0.29, 0.717) is 0 Å². The van der Waals surface area contributed by atoms with Crippen LogP contribution in [0.3, 0.4) is 0 Å². The lowest BCUT2D eigenvalue weighted by atomic mass is 10.1. The largest absolute Gasteiger partial charge is 0.480 e. The lowest BCUT2D eigenvalue weighted by molar-refractivity contribution is -0.127. The average Bonchev–Trinajstić information content (AvgIpc) is 2.64. The van der Waals surface area contributed by atoms with Gasteiger partial charge in [-0.2, -0.15) is 0 Å². The zero-order valence-electron chi connectivity index (χ0n) is 11.7. The van der Waals surface area contributed by atoms with Gasteiger partial charge in [-0.25, -0.2) is 0 Å². The summed E-state index contributed by atoms with van der Waals surface area (Å²) in [6.07, 6.45) is 2.44. The molecule has 0 aromatic heterocycles. The number of halogens is 1. The molecule has 1 fully saturated rings. The minimum atomic E-state index is -0.376. The van der Waals surface area contributed by atoms with Crippen LogP contribution in [-0.4, -0.2) is 25.1 Å². The summed E-state index contributed by atoms with van der Waals surface area (Å²) in [5, 5.41) is 6.19. The number of ether oxygens (including phenoxy) is 1. The maximum absolute atomic E-state index is 11.9. The molecule has 1 aliphatic rings. The summed E-state index contributed by atoms with van der Waals surface area (Å²) in [6.45, 7) is 4.45. The second kappa shape index (κ2) is 7.64. The van der Waals surface area contributed by atoms with Crippen molar-refractivity contribution < 1.29 is 9.53 Å². The highest BCUT2D eigenvalue weighted by molar-refractivity contribution is 9.10. The summed E-state index contributed by atoms with van der Waals surface area (Å²) < 4.78 is 6.97. The molecule has 1 amide bonds. The van der Waals surface area contributed by atoms with Crippen molar-refractivity contribution in [3.05, 3.63) is 28.2 Å². The van der Waals surface area contributed by atoms with Gasteiger partial charge in [0.1, 0.15) is 5.75 Å². The number of carbonyl (C=O) groups is 1. The third kappa shape index (κ3) is 4.21. The summed E-state index contributed by atoms with van der Waals surface area (Å²) in [6, 6.07) is 5.90. The van der Waals surface area contributed by atoms with Crippen LogP contribution in [-0.2, 0) is 11.3 Å². The molecule has 0 spiro atoms. The first-order valence-corrected chi connectivity index (χ1v) is 7.93. The molecule has 1 heterocycles. The predicted octanol–water partition coefficient (Wildman–Crippen LogP) is 2.61. The predicted molar refractivity (Wildman–Crippen MR) is 82.8 cm³/mol. The first-order valence-electron chi connectivity index (χ1n) is 7.14. The molecule has 1 aromatic carbocycles. The number of rotatable bonds is 5. The second-order valence-corrected chi connectivity index (χ2v) is 5.84. The number of hydrogen-bond donors (Lipinski definition) is 2. The Morgan fingerprint density at radius 1 is 1.45 bits per heavy atom. The molecule has 2 N–H and O–H groups in total. The summed E-state index contributed by atoms with van der Waals surface area (Å²) in [4.78, 5) is 11.9. The van der Waals surface area contributed by atoms with Gasteiger partial charge in [0.2, 0.25) is 0 Å². The third-order valence-corrected chi connectivity index (χ3v) is 3.84. The SMILES string of the molecule is CCNCc1cc(Br)ccc1OC1CCCCNC1=O. The zero-order chi connectivity index (χ0) is 14.4. The molecule has 2 rings (SSSR count). The molecule has 0 saturated carbocycles. The molecule has 1 atom stereocenters. The van der Waals surface area contributed by atoms with Gasteiger partial charge in [-0.05, 0) is 44.0 Å². The van der Waals surface area contributed by atoms with Gasteiger partial charge in [0.05, 0.1) is 0 Å². The van der Waals surface area contributed by atoms with E-state index < -0.39 is 0 Å². The number of hydrogen-bond acceptors (Lipinski definition) is 3. The van der Waals surface area contributed by atoms with E-state index in [1.165, 1.54) is 0 Å². The minimum Gasteiger partial charge on any atom is -0.480 e. The molecular formula is C15H21BrN2O2. The maximum atomic E-state index is 11.9. The van der Waals surface area contributed by atoms with E-state index in [1.807, 2.05) is 18.2 Å². The molecule has 0 aliphatic carbocycles. The Bertz CT molecular complexity index is 465. The summed E-state index contributed by atoms with van der Waals surface area (Å²) in [5.74, 6) is 0.788. The molecule has 110 valence electrons. The van der Waals surface area contributed by atoms with Crippen LogP contribution in [0.15, 0.2) is 22.7 Å². The lowest BCUT2D eigenvalue weighted by Gasteiger charge is -2.19. The summed E-state index contributed by atoms with van der Waals surface area (Å²) >= 11 is 3.48. The van der Waals surface area contributed by atoms with Crippen LogP contribution in [0.1, 0.15) is 31.7 Å². The number of nitrogens with one attached hydrogen (secondary N) is 2. The molecular weight excluding hydrogens is 320 g/mol. The third-order valence-electron chi connectivity index (χ3n) is 3.34. The standard InChI is InChI=1S/C15H21BrN2O2/c1-2-17-10-11-9-12(16)6-7-13(11)20-14-5-3-4-8-18-15(14)19/h6-7,9,14,17H,2-5,8,10H2,1H3,(H,18,19). The summed E-state index contributed by atoms with van der Waals surface area (Å²) in [7, 11) is 0. The number of carbonyl (C=O) groups excluding carboxylic acids is 1. The van der Waals surface area contributed by atoms with E-state index in [4.69, 9.17) is 4.74 Å². The molecule has 0 radical (unpaired) electrons. The highest BCUT2D eigenvalue weighted by atomic mass is 79.9. The van der Waals surface area contributed by atoms with Crippen LogP contribution < -0.4 is 15.4 Å². The van der Waals surface area contributed by atoms with Crippen LogP contribution in [0.25, 0.3) is 0 Å². The van der Waals surface area contributed by atoms with Crippen LogP contribution in [0.2, 0.25) is 0 Å². The molecule has 1 aromatic rings. The van der Waals surface area contributed by atoms with Crippen molar-refractivity contribution in [2.24, 2.45) is 0 Å². The monoisotopic (exact) mass is 340 g/mol. The Balaban J connectivity index is 2.12. The maximum Gasteiger partial charge on any atom is 0.261 e. The van der Waals surface area contributed by atoms with Crippen LogP contribution in [0.4, 0.5) is 0 Å². The average molecular weight is 341 g/mol. The van der Waals surface area contributed by atoms with Gasteiger partial charge >= 0.3 is 0 Å². The van der Waals surface area contributed by atoms with Gasteiger partial charge in [-0.3, -0.25) is 4.79 Å². The molecule has 20 heavy (non-hydrogen) atoms. The fraction of sp³-hybridized carbons (Fsp3) is 0.533. The fourth-order valence-corrected chi connectivity index (χ4v) is 2.65. The number of amides is 1. The summed E-state index contributed by atoms with van der Waals surface area (Å²) in [5.41, 5.74) is 1.07. The molecule has 1 aliphatic heterocycles. The van der Waals surface area contributed by atoms with E-state index in [-0.39, 0.29) is 12.0 Å². The zero-order valence-corrected chi connectivity index (χ0v) is 13.3. The second-order valence-electron chi connectivity index (χ2n) is 4.93. The van der Waals surface area contributed by atoms with Gasteiger partial charge in [0.25, 0.3) is 5.91 Å². The first kappa shape index (κ1) is 15.3. The highest BCUT2D eigenvalue weighted by Crippen LogP contribution is 2.25. The van der Waals surface area contributed by atoms with Crippen LogP contribution >= 0.6 is 15.9 Å². The molecule has 5 heteroatoms. The van der Waals surface area contributed by atoms with E-state index in [2.05, 4.69) is 33.5 Å². The Labute approximate surface area is 128 Å². The van der Waals surface area contributed by atoms with E-state index in [9.17, 15) is 4.79 Å². The van der Waals surface area contributed by atoms with Crippen molar-refractivity contribution in [3.63, 3.8) is 0 Å². The van der Waals surface area contributed by atoms with Gasteiger partial charge in [-0.1, -0.05) is 22.9 Å². The Kier molecular flexibility index (Phi) is 5.86. The highest BCUT2D eigenvalue weighted by Gasteiger charge is 2.23. The van der Waals surface area contributed by atoms with Gasteiger partial charge in [-0.15, -0.1) is 0 Å². The minimum absolute atomic E-state index is 0.000167. The van der Waals surface area contributed by atoms with Crippen molar-refractivity contribution in [2.45, 2.75) is 38.8 Å². The Morgan fingerprint density at radius 3 is 3.10 bits per heavy atom. The van der Waals surface area contributed by atoms with Crippen molar-refractivity contribution >= 4 is 21.8 Å². The van der Waals surface area contributed by atoms with Crippen molar-refractivity contribution in [1.82, 2.24) is 10.6 Å². The fourth-order valence-electron chi connectivity index (χ4n) is 2.24.